The van der Waals surface area contributed by atoms with Gasteiger partial charge in [-0.3, -0.25) is 4.90 Å². The van der Waals surface area contributed by atoms with Crippen LogP contribution in [0.3, 0.4) is 0 Å². The van der Waals surface area contributed by atoms with Crippen LogP contribution in [0.4, 0.5) is 0 Å². The van der Waals surface area contributed by atoms with Gasteiger partial charge in [0.05, 0.1) is 12.0 Å². The van der Waals surface area contributed by atoms with Gasteiger partial charge in [-0.15, -0.1) is 0 Å². The van der Waals surface area contributed by atoms with E-state index >= 15 is 0 Å². The van der Waals surface area contributed by atoms with Gasteiger partial charge in [-0.2, -0.15) is 0 Å². The van der Waals surface area contributed by atoms with E-state index in [1.54, 1.807) is 0 Å². The highest BCUT2D eigenvalue weighted by Crippen LogP contribution is 2.38. The molecule has 0 aromatic rings. The van der Waals surface area contributed by atoms with E-state index in [1.165, 1.54) is 32.2 Å². The molecule has 3 fully saturated rings. The van der Waals surface area contributed by atoms with Crippen LogP contribution in [0, 0.1) is 11.3 Å². The van der Waals surface area contributed by atoms with Crippen LogP contribution in [0.2, 0.25) is 0 Å². The molecule has 0 bridgehead atoms. The highest BCUT2D eigenvalue weighted by Gasteiger charge is 2.41. The largest absolute Gasteiger partial charge is 0.380 e. The zero-order valence-electron chi connectivity index (χ0n) is 9.86. The first kappa shape index (κ1) is 10.7. The quantitative estimate of drug-likeness (QED) is 0.639. The average molecular weight is 223 g/mol. The summed E-state index contributed by atoms with van der Waals surface area (Å²) in [6.45, 7) is 3.57. The molecule has 0 amide bonds. The Morgan fingerprint density at radius 3 is 2.62 bits per heavy atom. The molecule has 3 heteroatoms. The summed E-state index contributed by atoms with van der Waals surface area (Å²) in [5.74, 6) is 0.923. The molecule has 3 aliphatic rings. The van der Waals surface area contributed by atoms with E-state index in [-0.39, 0.29) is 5.41 Å². The maximum absolute atomic E-state index is 11.3. The van der Waals surface area contributed by atoms with E-state index in [2.05, 4.69) is 4.90 Å². The van der Waals surface area contributed by atoms with E-state index < -0.39 is 0 Å². The van der Waals surface area contributed by atoms with Crippen LogP contribution >= 0.6 is 0 Å². The van der Waals surface area contributed by atoms with Crippen LogP contribution in [0.1, 0.15) is 32.1 Å². The van der Waals surface area contributed by atoms with Crippen molar-refractivity contribution in [3.05, 3.63) is 0 Å². The maximum atomic E-state index is 11.3. The third-order valence-electron chi connectivity index (χ3n) is 4.15. The molecule has 1 atom stereocenters. The predicted octanol–water partition coefficient (Wildman–Crippen LogP) is 1.47. The van der Waals surface area contributed by atoms with Gasteiger partial charge in [-0.1, -0.05) is 0 Å². The molecule has 0 N–H and O–H groups in total. The molecule has 0 aromatic heterocycles. The summed E-state index contributed by atoms with van der Waals surface area (Å²) in [6, 6.07) is 0.776. The summed E-state index contributed by atoms with van der Waals surface area (Å²) in [6.07, 6.45) is 7.54. The SMILES string of the molecule is O=CC1(CN(CC2CC2)C2CC2)CCOC1. The number of hydrogen-bond donors (Lipinski definition) is 0. The minimum absolute atomic E-state index is 0.183. The van der Waals surface area contributed by atoms with Crippen LogP contribution < -0.4 is 0 Å². The third-order valence-corrected chi connectivity index (χ3v) is 4.15. The van der Waals surface area contributed by atoms with Crippen molar-refractivity contribution in [3.63, 3.8) is 0 Å². The Kier molecular flexibility index (Phi) is 2.76. The number of nitrogens with zero attached hydrogens (tertiary/aromatic N) is 1. The van der Waals surface area contributed by atoms with E-state index in [4.69, 9.17) is 4.74 Å². The monoisotopic (exact) mass is 223 g/mol. The number of hydrogen-bond acceptors (Lipinski definition) is 3. The number of carbonyl (C=O) groups is 1. The van der Waals surface area contributed by atoms with Crippen molar-refractivity contribution in [1.82, 2.24) is 4.90 Å². The minimum Gasteiger partial charge on any atom is -0.380 e. The second kappa shape index (κ2) is 4.11. The first-order valence-corrected chi connectivity index (χ1v) is 6.59. The zero-order chi connectivity index (χ0) is 11.0. The van der Waals surface area contributed by atoms with E-state index in [0.29, 0.717) is 6.61 Å². The molecule has 2 aliphatic carbocycles. The van der Waals surface area contributed by atoms with Gasteiger partial charge in [0.1, 0.15) is 6.29 Å². The Morgan fingerprint density at radius 1 is 1.31 bits per heavy atom. The fourth-order valence-electron chi connectivity index (χ4n) is 2.70. The van der Waals surface area contributed by atoms with Gasteiger partial charge >= 0.3 is 0 Å². The molecule has 1 aliphatic heterocycles. The fourth-order valence-corrected chi connectivity index (χ4v) is 2.70. The van der Waals surface area contributed by atoms with Gasteiger partial charge in [0.15, 0.2) is 0 Å². The normalized spacial score (nSPS) is 34.6. The molecule has 1 saturated heterocycles. The van der Waals surface area contributed by atoms with Crippen molar-refractivity contribution in [1.29, 1.82) is 0 Å². The number of aldehydes is 1. The lowest BCUT2D eigenvalue weighted by Gasteiger charge is -2.30. The summed E-state index contributed by atoms with van der Waals surface area (Å²) in [7, 11) is 0. The summed E-state index contributed by atoms with van der Waals surface area (Å²) >= 11 is 0. The molecule has 90 valence electrons. The fraction of sp³-hybridized carbons (Fsp3) is 0.923. The van der Waals surface area contributed by atoms with Crippen LogP contribution in [-0.2, 0) is 9.53 Å². The van der Waals surface area contributed by atoms with Gasteiger partial charge < -0.3 is 9.53 Å². The minimum atomic E-state index is -0.183. The average Bonchev–Trinajstić information content (AvgIpc) is 3.19. The highest BCUT2D eigenvalue weighted by molar-refractivity contribution is 5.60. The lowest BCUT2D eigenvalue weighted by Crippen LogP contribution is -2.41. The van der Waals surface area contributed by atoms with Gasteiger partial charge in [0, 0.05) is 25.7 Å². The van der Waals surface area contributed by atoms with Gasteiger partial charge in [-0.25, -0.2) is 0 Å². The van der Waals surface area contributed by atoms with Crippen molar-refractivity contribution in [3.8, 4) is 0 Å². The van der Waals surface area contributed by atoms with Crippen LogP contribution in [-0.4, -0.2) is 43.5 Å². The molecule has 3 nitrogen and oxygen atoms in total. The summed E-state index contributed by atoms with van der Waals surface area (Å²) < 4.78 is 5.42. The van der Waals surface area contributed by atoms with Gasteiger partial charge in [-0.05, 0) is 38.0 Å². The molecular formula is C13H21NO2. The number of carbonyl (C=O) groups excluding carboxylic acids is 1. The van der Waals surface area contributed by atoms with E-state index in [1.807, 2.05) is 0 Å². The molecule has 0 aromatic carbocycles. The summed E-state index contributed by atoms with van der Waals surface area (Å²) in [4.78, 5) is 13.9. The molecule has 0 radical (unpaired) electrons. The Balaban J connectivity index is 1.61. The van der Waals surface area contributed by atoms with Crippen LogP contribution in [0.5, 0.6) is 0 Å². The smallest absolute Gasteiger partial charge is 0.129 e. The Bertz CT molecular complexity index is 265. The second-order valence-corrected chi connectivity index (χ2v) is 5.89. The van der Waals surface area contributed by atoms with E-state index in [9.17, 15) is 4.79 Å². The molecule has 3 rings (SSSR count). The van der Waals surface area contributed by atoms with Gasteiger partial charge in [0.25, 0.3) is 0 Å². The van der Waals surface area contributed by atoms with Crippen LogP contribution in [0.15, 0.2) is 0 Å². The van der Waals surface area contributed by atoms with E-state index in [0.717, 1.165) is 37.8 Å². The molecule has 0 spiro atoms. The maximum Gasteiger partial charge on any atom is 0.129 e. The Hall–Kier alpha value is -0.410. The first-order chi connectivity index (χ1) is 7.81. The molecule has 2 saturated carbocycles. The lowest BCUT2D eigenvalue weighted by molar-refractivity contribution is -0.117. The second-order valence-electron chi connectivity index (χ2n) is 5.89. The highest BCUT2D eigenvalue weighted by atomic mass is 16.5. The van der Waals surface area contributed by atoms with Gasteiger partial charge in [0.2, 0.25) is 0 Å². The predicted molar refractivity (Wildman–Crippen MR) is 61.3 cm³/mol. The van der Waals surface area contributed by atoms with Crippen molar-refractivity contribution >= 4 is 6.29 Å². The first-order valence-electron chi connectivity index (χ1n) is 6.59. The molecular weight excluding hydrogens is 202 g/mol. The topological polar surface area (TPSA) is 29.5 Å². The van der Waals surface area contributed by atoms with Crippen molar-refractivity contribution in [2.24, 2.45) is 11.3 Å². The molecule has 16 heavy (non-hydrogen) atoms. The molecule has 1 heterocycles. The summed E-state index contributed by atoms with van der Waals surface area (Å²) in [5, 5.41) is 0. The lowest BCUT2D eigenvalue weighted by atomic mass is 9.88. The standard InChI is InChI=1S/C13H21NO2/c15-9-13(5-6-16-10-13)8-14(12-3-4-12)7-11-1-2-11/h9,11-12H,1-8,10H2. The zero-order valence-corrected chi connectivity index (χ0v) is 9.86. The third kappa shape index (κ3) is 2.30. The summed E-state index contributed by atoms with van der Waals surface area (Å²) in [5.41, 5.74) is -0.183. The Morgan fingerprint density at radius 2 is 2.12 bits per heavy atom. The van der Waals surface area contributed by atoms with Crippen molar-refractivity contribution < 1.29 is 9.53 Å². The van der Waals surface area contributed by atoms with Crippen molar-refractivity contribution in [2.75, 3.05) is 26.3 Å². The molecule has 1 unspecified atom stereocenters. The Labute approximate surface area is 97.1 Å². The van der Waals surface area contributed by atoms with Crippen LogP contribution in [0.25, 0.3) is 0 Å². The number of ether oxygens (including phenoxy) is 1. The van der Waals surface area contributed by atoms with Crippen molar-refractivity contribution in [2.45, 2.75) is 38.1 Å². The number of rotatable bonds is 6.